The molecule has 3 nitrogen and oxygen atoms in total. The maximum absolute atomic E-state index is 11.5. The van der Waals surface area contributed by atoms with Crippen LogP contribution in [0.1, 0.15) is 6.92 Å². The first-order valence-corrected chi connectivity index (χ1v) is 7.12. The highest BCUT2D eigenvalue weighted by atomic mass is 33.1. The summed E-state index contributed by atoms with van der Waals surface area (Å²) in [6.45, 7) is 1.23. The number of carbonyl (C=O) groups excluding carboxylic acids is 1. The lowest BCUT2D eigenvalue weighted by molar-refractivity contribution is -0.109. The summed E-state index contributed by atoms with van der Waals surface area (Å²) in [4.78, 5) is 10.8. The Bertz CT molecular complexity index is 436. The predicted molar refractivity (Wildman–Crippen MR) is 61.2 cm³/mol. The van der Waals surface area contributed by atoms with Gasteiger partial charge in [0.1, 0.15) is 0 Å². The molecule has 0 aliphatic heterocycles. The zero-order valence-corrected chi connectivity index (χ0v) is 10.2. The molecule has 0 saturated heterocycles. The van der Waals surface area contributed by atoms with Gasteiger partial charge in [-0.1, -0.05) is 12.1 Å². The fourth-order valence-electron chi connectivity index (χ4n) is 0.837. The van der Waals surface area contributed by atoms with Crippen molar-refractivity contribution in [3.8, 4) is 0 Å². The smallest absolute Gasteiger partial charge is 0.237 e. The monoisotopic (exact) mass is 248 g/mol. The largest absolute Gasteiger partial charge is 0.286 e. The van der Waals surface area contributed by atoms with Crippen molar-refractivity contribution in [1.29, 1.82) is 0 Å². The molecule has 0 bridgehead atoms. The minimum atomic E-state index is -3.52. The van der Waals surface area contributed by atoms with E-state index in [4.69, 9.17) is 0 Å². The molecule has 14 heavy (non-hydrogen) atoms. The van der Waals surface area contributed by atoms with Crippen LogP contribution in [0.3, 0.4) is 0 Å². The first kappa shape index (κ1) is 11.7. The van der Waals surface area contributed by atoms with Crippen molar-refractivity contribution in [2.24, 2.45) is 0 Å². The Morgan fingerprint density at radius 2 is 1.79 bits per heavy atom. The van der Waals surface area contributed by atoms with Gasteiger partial charge >= 0.3 is 0 Å². The van der Waals surface area contributed by atoms with Gasteiger partial charge in [0, 0.05) is 17.7 Å². The standard InChI is InChI=1S/C8H9O3PS2/c1-6(9)13-14(10,11)8-4-2-7(12)3-5-8/h2-5H,12H2,1H3. The Balaban J connectivity index is 3.05. The Labute approximate surface area is 88.8 Å². The van der Waals surface area contributed by atoms with E-state index in [1.165, 1.54) is 19.1 Å². The second-order valence-electron chi connectivity index (χ2n) is 2.60. The fourth-order valence-corrected chi connectivity index (χ4v) is 3.45. The third kappa shape index (κ3) is 3.08. The summed E-state index contributed by atoms with van der Waals surface area (Å²) < 4.78 is 23.0. The molecule has 0 saturated carbocycles. The summed E-state index contributed by atoms with van der Waals surface area (Å²) in [5.41, 5.74) is 0. The summed E-state index contributed by atoms with van der Waals surface area (Å²) in [5.74, 6) is 0. The third-order valence-corrected chi connectivity index (χ3v) is 5.02. The molecular weight excluding hydrogens is 239 g/mol. The van der Waals surface area contributed by atoms with Crippen molar-refractivity contribution in [3.05, 3.63) is 24.3 Å². The molecule has 0 spiro atoms. The Morgan fingerprint density at radius 3 is 2.21 bits per heavy atom. The lowest BCUT2D eigenvalue weighted by atomic mass is 10.4. The Kier molecular flexibility index (Phi) is 3.70. The van der Waals surface area contributed by atoms with Gasteiger partial charge in [-0.15, -0.1) is 9.24 Å². The zero-order chi connectivity index (χ0) is 10.8. The first-order valence-electron chi connectivity index (χ1n) is 3.72. The molecule has 0 radical (unpaired) electrons. The maximum atomic E-state index is 11.5. The molecule has 1 unspecified atom stereocenters. The van der Waals surface area contributed by atoms with Crippen molar-refractivity contribution in [2.45, 2.75) is 11.8 Å². The van der Waals surface area contributed by atoms with E-state index in [-0.39, 0.29) is 4.90 Å². The van der Waals surface area contributed by atoms with Crippen LogP contribution in [0.25, 0.3) is 0 Å². The highest BCUT2D eigenvalue weighted by molar-refractivity contribution is 8.77. The van der Waals surface area contributed by atoms with Crippen molar-refractivity contribution in [1.82, 2.24) is 0 Å². The summed E-state index contributed by atoms with van der Waals surface area (Å²) in [6.07, 6.45) is 0. The fraction of sp³-hybridized carbons (Fsp3) is 0.125. The van der Waals surface area contributed by atoms with Crippen LogP contribution in [0.2, 0.25) is 0 Å². The van der Waals surface area contributed by atoms with E-state index in [0.29, 0.717) is 10.8 Å². The van der Waals surface area contributed by atoms with E-state index in [9.17, 15) is 13.2 Å². The van der Waals surface area contributed by atoms with Crippen molar-refractivity contribution in [2.75, 3.05) is 0 Å². The molecule has 6 heteroatoms. The predicted octanol–water partition coefficient (Wildman–Crippen LogP) is 1.16. The second kappa shape index (κ2) is 4.43. The molecule has 0 N–H and O–H groups in total. The highest BCUT2D eigenvalue weighted by Crippen LogP contribution is 2.22. The Hall–Kier alpha value is -0.380. The van der Waals surface area contributed by atoms with Crippen LogP contribution in [-0.4, -0.2) is 13.5 Å². The quantitative estimate of drug-likeness (QED) is 0.582. The minimum absolute atomic E-state index is 0.156. The molecule has 0 heterocycles. The third-order valence-electron chi connectivity index (χ3n) is 1.40. The first-order chi connectivity index (χ1) is 6.42. The minimum Gasteiger partial charge on any atom is -0.286 e. The van der Waals surface area contributed by atoms with Crippen LogP contribution in [0, 0.1) is 0 Å². The second-order valence-corrected chi connectivity index (χ2v) is 7.20. The van der Waals surface area contributed by atoms with Crippen LogP contribution in [0.5, 0.6) is 0 Å². The molecule has 76 valence electrons. The summed E-state index contributed by atoms with van der Waals surface area (Å²) >= 11 is 0. The molecule has 0 fully saturated rings. The number of hydrogen-bond donors (Lipinski definition) is 0. The summed E-state index contributed by atoms with van der Waals surface area (Å²) in [6, 6.07) is 6.29. The van der Waals surface area contributed by atoms with E-state index in [2.05, 4.69) is 9.24 Å². The summed E-state index contributed by atoms with van der Waals surface area (Å²) in [5, 5.41) is 0.469. The number of hydrogen-bond acceptors (Lipinski definition) is 4. The van der Waals surface area contributed by atoms with E-state index in [1.54, 1.807) is 12.1 Å². The SMILES string of the molecule is CC(=O)SS(=O)(=O)c1ccc(P)cc1. The van der Waals surface area contributed by atoms with Gasteiger partial charge in [0.25, 0.3) is 0 Å². The highest BCUT2D eigenvalue weighted by Gasteiger charge is 2.17. The van der Waals surface area contributed by atoms with E-state index >= 15 is 0 Å². The topological polar surface area (TPSA) is 51.2 Å². The molecule has 0 amide bonds. The van der Waals surface area contributed by atoms with E-state index in [1.807, 2.05) is 0 Å². The van der Waals surface area contributed by atoms with Crippen LogP contribution in [0.15, 0.2) is 29.2 Å². The lowest BCUT2D eigenvalue weighted by Gasteiger charge is -2.00. The van der Waals surface area contributed by atoms with Crippen LogP contribution >= 0.6 is 20.0 Å². The van der Waals surface area contributed by atoms with Gasteiger partial charge in [-0.3, -0.25) is 4.79 Å². The Morgan fingerprint density at radius 1 is 1.29 bits per heavy atom. The van der Waals surface area contributed by atoms with Crippen molar-refractivity contribution in [3.63, 3.8) is 0 Å². The normalized spacial score (nSPS) is 11.3. The van der Waals surface area contributed by atoms with Crippen molar-refractivity contribution >= 4 is 39.3 Å². The van der Waals surface area contributed by atoms with Gasteiger partial charge in [-0.25, -0.2) is 8.42 Å². The van der Waals surface area contributed by atoms with Crippen LogP contribution in [-0.2, 0) is 13.7 Å². The number of rotatable bonds is 2. The molecule has 1 atom stereocenters. The summed E-state index contributed by atoms with van der Waals surface area (Å²) in [7, 11) is -0.718. The van der Waals surface area contributed by atoms with E-state index in [0.717, 1.165) is 5.30 Å². The molecule has 0 aromatic heterocycles. The average Bonchev–Trinajstić information content (AvgIpc) is 2.02. The zero-order valence-electron chi connectivity index (χ0n) is 7.43. The van der Waals surface area contributed by atoms with E-state index < -0.39 is 14.0 Å². The molecule has 1 rings (SSSR count). The lowest BCUT2D eigenvalue weighted by Crippen LogP contribution is -2.00. The van der Waals surface area contributed by atoms with Gasteiger partial charge < -0.3 is 0 Å². The molecule has 0 aliphatic rings. The average molecular weight is 248 g/mol. The number of benzene rings is 1. The van der Waals surface area contributed by atoms with Crippen LogP contribution in [0.4, 0.5) is 0 Å². The molecular formula is C8H9O3PS2. The van der Waals surface area contributed by atoms with Crippen molar-refractivity contribution < 1.29 is 13.2 Å². The molecule has 1 aromatic carbocycles. The van der Waals surface area contributed by atoms with Gasteiger partial charge in [0.15, 0.2) is 0 Å². The molecule has 0 aliphatic carbocycles. The van der Waals surface area contributed by atoms with Gasteiger partial charge in [-0.2, -0.15) is 0 Å². The maximum Gasteiger partial charge on any atom is 0.237 e. The number of carbonyl (C=O) groups is 1. The van der Waals surface area contributed by atoms with Gasteiger partial charge in [0.05, 0.1) is 4.90 Å². The van der Waals surface area contributed by atoms with Crippen LogP contribution < -0.4 is 5.30 Å². The van der Waals surface area contributed by atoms with Gasteiger partial charge in [0.2, 0.25) is 14.0 Å². The van der Waals surface area contributed by atoms with Gasteiger partial charge in [-0.05, 0) is 17.4 Å². The molecule has 1 aromatic rings.